The maximum absolute atomic E-state index is 13.7. The van der Waals surface area contributed by atoms with E-state index in [4.69, 9.17) is 4.74 Å². The molecule has 180 valence electrons. The third-order valence-electron chi connectivity index (χ3n) is 6.63. The van der Waals surface area contributed by atoms with Gasteiger partial charge in [0.15, 0.2) is 28.3 Å². The van der Waals surface area contributed by atoms with Crippen LogP contribution < -0.4 is 0 Å². The van der Waals surface area contributed by atoms with Crippen molar-refractivity contribution in [1.29, 1.82) is 0 Å². The molecule has 0 N–H and O–H groups in total. The van der Waals surface area contributed by atoms with Crippen molar-refractivity contribution >= 4 is 28.0 Å². The number of aldehydes is 1. The molecule has 2 aliphatic heterocycles. The molecule has 0 spiro atoms. The van der Waals surface area contributed by atoms with Crippen molar-refractivity contribution in [3.05, 3.63) is 83.7 Å². The molecule has 10 nitrogen and oxygen atoms in total. The van der Waals surface area contributed by atoms with Gasteiger partial charge in [0.1, 0.15) is 15.8 Å². The van der Waals surface area contributed by atoms with Crippen LogP contribution in [0.4, 0.5) is 0 Å². The van der Waals surface area contributed by atoms with Crippen LogP contribution in [0.5, 0.6) is 0 Å². The first-order valence-corrected chi connectivity index (χ1v) is 12.5. The fourth-order valence-corrected chi connectivity index (χ4v) is 7.16. The lowest BCUT2D eigenvalue weighted by atomic mass is 9.95. The zero-order chi connectivity index (χ0) is 24.8. The van der Waals surface area contributed by atoms with Crippen LogP contribution in [0.15, 0.2) is 66.9 Å². The van der Waals surface area contributed by atoms with E-state index in [0.717, 1.165) is 4.90 Å². The number of fused-ring (bicyclic) bond motifs is 1. The number of sulfone groups is 1. The molecule has 11 heteroatoms. The number of ether oxygens (including phenoxy) is 1. The summed E-state index contributed by atoms with van der Waals surface area (Å²) in [5, 5.41) is 6.38. The Balaban J connectivity index is 1.54. The highest BCUT2D eigenvalue weighted by molar-refractivity contribution is 7.93. The fourth-order valence-electron chi connectivity index (χ4n) is 4.80. The average molecular weight is 495 g/mol. The second-order valence-electron chi connectivity index (χ2n) is 8.82. The molecule has 5 rings (SSSR count). The van der Waals surface area contributed by atoms with E-state index in [1.165, 1.54) is 17.8 Å². The maximum Gasteiger partial charge on any atom is 0.331 e. The molecule has 1 amide bonds. The van der Waals surface area contributed by atoms with Crippen molar-refractivity contribution in [3.63, 3.8) is 0 Å². The molecule has 2 fully saturated rings. The Morgan fingerprint density at radius 3 is 2.26 bits per heavy atom. The van der Waals surface area contributed by atoms with Gasteiger partial charge in [-0.05, 0) is 18.1 Å². The van der Waals surface area contributed by atoms with Gasteiger partial charge in [-0.25, -0.2) is 13.2 Å². The lowest BCUT2D eigenvalue weighted by Gasteiger charge is -2.37. The minimum absolute atomic E-state index is 0.0238. The van der Waals surface area contributed by atoms with Gasteiger partial charge >= 0.3 is 5.97 Å². The third kappa shape index (κ3) is 3.63. The second kappa shape index (κ2) is 8.42. The summed E-state index contributed by atoms with van der Waals surface area (Å²) in [5.74, 6) is -1.27. The minimum Gasteiger partial charge on any atom is -0.451 e. The number of hydrogen-bond donors (Lipinski definition) is 0. The molecule has 0 unspecified atom stereocenters. The van der Waals surface area contributed by atoms with Crippen molar-refractivity contribution in [1.82, 2.24) is 19.9 Å². The van der Waals surface area contributed by atoms with E-state index in [-0.39, 0.29) is 18.7 Å². The Hall–Kier alpha value is -3.86. The van der Waals surface area contributed by atoms with E-state index in [1.807, 2.05) is 60.7 Å². The lowest BCUT2D eigenvalue weighted by Crippen LogP contribution is -2.58. The minimum atomic E-state index is -3.99. The number of rotatable bonds is 7. The van der Waals surface area contributed by atoms with Crippen molar-refractivity contribution < 1.29 is 27.5 Å². The molecule has 0 radical (unpaired) electrons. The summed E-state index contributed by atoms with van der Waals surface area (Å²) >= 11 is 0. The molecule has 3 aromatic rings. The summed E-state index contributed by atoms with van der Waals surface area (Å²) in [6.07, 6.45) is 0.784. The zero-order valence-corrected chi connectivity index (χ0v) is 19.5. The molecular weight excluding hydrogens is 472 g/mol. The summed E-state index contributed by atoms with van der Waals surface area (Å²) in [6.45, 7) is 1.12. The number of benzene rings is 2. The lowest BCUT2D eigenvalue weighted by molar-refractivity contribution is -0.164. The van der Waals surface area contributed by atoms with Gasteiger partial charge in [-0.2, -0.15) is 0 Å². The van der Waals surface area contributed by atoms with Gasteiger partial charge in [0.25, 0.3) is 0 Å². The number of aromatic nitrogens is 3. The average Bonchev–Trinajstić information content (AvgIpc) is 3.36. The highest BCUT2D eigenvalue weighted by Gasteiger charge is 2.70. The van der Waals surface area contributed by atoms with E-state index >= 15 is 0 Å². The molecule has 3 heterocycles. The number of β-lactam (4-membered cyclic amide) rings is 1. The Morgan fingerprint density at radius 1 is 1.14 bits per heavy atom. The number of carbonyl (C=O) groups is 3. The number of esters is 1. The predicted molar refractivity (Wildman–Crippen MR) is 123 cm³/mol. The van der Waals surface area contributed by atoms with Crippen LogP contribution in [0.25, 0.3) is 0 Å². The van der Waals surface area contributed by atoms with Crippen LogP contribution in [-0.2, 0) is 30.7 Å². The SMILES string of the molecule is C[C@]1(Cn2cc(C=O)nn2)[C@H](C(=O)OC(c2ccccc2)c2ccccc2)N2C(=O)C[C@@H]2S1(=O)=O. The van der Waals surface area contributed by atoms with E-state index in [2.05, 4.69) is 10.3 Å². The van der Waals surface area contributed by atoms with Crippen LogP contribution in [-0.4, -0.2) is 62.6 Å². The standard InChI is InChI=1S/C24H22N4O6S/c1-24(15-27-13-18(14-29)25-26-27)22(28-19(30)12-20(28)35(24,32)33)23(31)34-21(16-8-4-2-5-9-16)17-10-6-3-7-11-17/h2-11,13-14,20-22H,12,15H2,1H3/t20-,22-,24-/m0/s1. The number of nitrogens with zero attached hydrogens (tertiary/aromatic N) is 4. The van der Waals surface area contributed by atoms with Gasteiger partial charge in [-0.3, -0.25) is 14.3 Å². The zero-order valence-electron chi connectivity index (χ0n) is 18.7. The highest BCUT2D eigenvalue weighted by atomic mass is 32.2. The largest absolute Gasteiger partial charge is 0.451 e. The fraction of sp³-hybridized carbons (Fsp3) is 0.292. The van der Waals surface area contributed by atoms with Gasteiger partial charge in [0.2, 0.25) is 5.91 Å². The van der Waals surface area contributed by atoms with Crippen LogP contribution in [0.2, 0.25) is 0 Å². The van der Waals surface area contributed by atoms with Crippen molar-refractivity contribution in [2.24, 2.45) is 0 Å². The quantitative estimate of drug-likeness (QED) is 0.275. The Bertz CT molecular complexity index is 1350. The summed E-state index contributed by atoms with van der Waals surface area (Å²) < 4.78 is 32.4. The summed E-state index contributed by atoms with van der Waals surface area (Å²) in [7, 11) is -3.99. The molecule has 0 bridgehead atoms. The van der Waals surface area contributed by atoms with E-state index in [0.29, 0.717) is 17.4 Å². The third-order valence-corrected chi connectivity index (χ3v) is 9.39. The first kappa shape index (κ1) is 22.9. The molecule has 2 saturated heterocycles. The normalized spacial score (nSPS) is 24.6. The molecule has 0 aliphatic carbocycles. The van der Waals surface area contributed by atoms with E-state index < -0.39 is 44.0 Å². The first-order valence-electron chi connectivity index (χ1n) is 11.0. The van der Waals surface area contributed by atoms with Gasteiger partial charge in [-0.1, -0.05) is 65.9 Å². The van der Waals surface area contributed by atoms with Crippen molar-refractivity contribution in [2.75, 3.05) is 0 Å². The molecular formula is C24H22N4O6S. The molecule has 2 aliphatic rings. The van der Waals surface area contributed by atoms with Crippen LogP contribution in [0, 0.1) is 0 Å². The Labute approximate surface area is 201 Å². The van der Waals surface area contributed by atoms with E-state index in [9.17, 15) is 22.8 Å². The Kier molecular flexibility index (Phi) is 5.51. The highest BCUT2D eigenvalue weighted by Crippen LogP contribution is 2.47. The molecule has 35 heavy (non-hydrogen) atoms. The summed E-state index contributed by atoms with van der Waals surface area (Å²) in [5.41, 5.74) is 1.43. The summed E-state index contributed by atoms with van der Waals surface area (Å²) in [4.78, 5) is 38.3. The van der Waals surface area contributed by atoms with Crippen molar-refractivity contribution in [2.45, 2.75) is 42.2 Å². The maximum atomic E-state index is 13.7. The van der Waals surface area contributed by atoms with Crippen LogP contribution in [0.1, 0.15) is 41.1 Å². The Morgan fingerprint density at radius 2 is 1.74 bits per heavy atom. The predicted octanol–water partition coefficient (Wildman–Crippen LogP) is 1.54. The molecule has 1 aromatic heterocycles. The number of carbonyl (C=O) groups excluding carboxylic acids is 3. The molecule has 0 saturated carbocycles. The van der Waals surface area contributed by atoms with Crippen LogP contribution in [0.3, 0.4) is 0 Å². The number of hydrogen-bond acceptors (Lipinski definition) is 8. The topological polar surface area (TPSA) is 129 Å². The molecule has 3 atom stereocenters. The second-order valence-corrected chi connectivity index (χ2v) is 11.4. The van der Waals surface area contributed by atoms with Gasteiger partial charge in [0.05, 0.1) is 19.2 Å². The monoisotopic (exact) mass is 494 g/mol. The van der Waals surface area contributed by atoms with Crippen molar-refractivity contribution in [3.8, 4) is 0 Å². The molecule has 2 aromatic carbocycles. The first-order chi connectivity index (χ1) is 16.8. The van der Waals surface area contributed by atoms with Gasteiger partial charge < -0.3 is 9.64 Å². The van der Waals surface area contributed by atoms with Gasteiger partial charge in [-0.15, -0.1) is 5.10 Å². The van der Waals surface area contributed by atoms with Gasteiger partial charge in [0, 0.05) is 0 Å². The summed E-state index contributed by atoms with van der Waals surface area (Å²) in [6, 6.07) is 16.8. The number of amides is 1. The van der Waals surface area contributed by atoms with Crippen LogP contribution >= 0.6 is 0 Å². The smallest absolute Gasteiger partial charge is 0.331 e. The van der Waals surface area contributed by atoms with E-state index in [1.54, 1.807) is 0 Å².